The van der Waals surface area contributed by atoms with Gasteiger partial charge in [0.15, 0.2) is 0 Å². The maximum Gasteiger partial charge on any atom is 0.218 e. The average Bonchev–Trinajstić information content (AvgIpc) is 2.70. The number of nitrogens with zero attached hydrogens (tertiary/aromatic N) is 4. The molecule has 2 aromatic rings. The molecule has 158 valence electrons. The van der Waals surface area contributed by atoms with E-state index in [1.54, 1.807) is 0 Å². The number of anilines is 1. The van der Waals surface area contributed by atoms with Crippen molar-refractivity contribution in [2.75, 3.05) is 32.6 Å². The van der Waals surface area contributed by atoms with Gasteiger partial charge in [0.1, 0.15) is 17.5 Å². The Bertz CT molecular complexity index is 928. The molecule has 0 amide bonds. The van der Waals surface area contributed by atoms with Gasteiger partial charge in [0, 0.05) is 27.2 Å². The molecule has 1 aromatic heterocycles. The summed E-state index contributed by atoms with van der Waals surface area (Å²) in [6, 6.07) is 7.41. The number of benzene rings is 1. The number of hydrogen-bond donors (Lipinski definition) is 1. The lowest BCUT2D eigenvalue weighted by Gasteiger charge is -2.24. The van der Waals surface area contributed by atoms with Crippen molar-refractivity contribution in [3.8, 4) is 0 Å². The lowest BCUT2D eigenvalue weighted by atomic mass is 10.0. The van der Waals surface area contributed by atoms with Crippen LogP contribution in [0, 0.1) is 5.82 Å². The van der Waals surface area contributed by atoms with Gasteiger partial charge in [-0.1, -0.05) is 18.6 Å². The fraction of sp³-hybridized carbons (Fsp3) is 0.500. The molecule has 1 atom stereocenters. The Hall–Kier alpha value is -2.10. The van der Waals surface area contributed by atoms with Crippen LogP contribution < -0.4 is 10.2 Å². The Morgan fingerprint density at radius 1 is 1.14 bits per heavy atom. The fourth-order valence-electron chi connectivity index (χ4n) is 3.27. The minimum atomic E-state index is -3.57. The van der Waals surface area contributed by atoms with Crippen LogP contribution in [0.25, 0.3) is 0 Å². The zero-order valence-corrected chi connectivity index (χ0v) is 17.9. The van der Waals surface area contributed by atoms with E-state index < -0.39 is 10.0 Å². The Labute approximate surface area is 172 Å². The smallest absolute Gasteiger partial charge is 0.218 e. The number of sulfonamides is 1. The molecule has 1 N–H and O–H groups in total. The van der Waals surface area contributed by atoms with Crippen LogP contribution in [0.4, 0.5) is 10.2 Å². The molecule has 1 aliphatic rings. The Morgan fingerprint density at radius 3 is 2.48 bits per heavy atom. The zero-order valence-electron chi connectivity index (χ0n) is 17.1. The van der Waals surface area contributed by atoms with Crippen molar-refractivity contribution >= 4 is 15.8 Å². The number of nitrogens with one attached hydrogen (secondary N) is 1. The number of halogens is 1. The quantitative estimate of drug-likeness (QED) is 0.740. The molecule has 2 heterocycles. The third kappa shape index (κ3) is 5.71. The number of rotatable bonds is 7. The standard InChI is InChI=1S/C20H28FN5O2S/c1-25(2)19-12-17(23-20(24-19)18-6-4-5-11-22-18)13-26(3)29(27,28)14-15-7-9-16(21)10-8-15/h7-10,12,18,22H,4-6,11,13-14H2,1-3H3. The van der Waals surface area contributed by atoms with Gasteiger partial charge in [-0.15, -0.1) is 0 Å². The molecule has 1 fully saturated rings. The maximum absolute atomic E-state index is 13.1. The minimum absolute atomic E-state index is 0.0866. The highest BCUT2D eigenvalue weighted by molar-refractivity contribution is 7.88. The summed E-state index contributed by atoms with van der Waals surface area (Å²) in [4.78, 5) is 11.2. The highest BCUT2D eigenvalue weighted by atomic mass is 32.2. The molecule has 7 nitrogen and oxygen atoms in total. The molecule has 0 saturated carbocycles. The van der Waals surface area contributed by atoms with Gasteiger partial charge in [-0.25, -0.2) is 22.8 Å². The van der Waals surface area contributed by atoms with E-state index in [-0.39, 0.29) is 24.2 Å². The third-order valence-corrected chi connectivity index (χ3v) is 6.76. The Balaban J connectivity index is 1.79. The molecule has 3 rings (SSSR count). The molecule has 1 aliphatic heterocycles. The van der Waals surface area contributed by atoms with Crippen LogP contribution in [-0.4, -0.2) is 50.4 Å². The van der Waals surface area contributed by atoms with Gasteiger partial charge >= 0.3 is 0 Å². The van der Waals surface area contributed by atoms with Crippen molar-refractivity contribution in [2.45, 2.75) is 37.6 Å². The Morgan fingerprint density at radius 2 is 1.86 bits per heavy atom. The van der Waals surface area contributed by atoms with Crippen molar-refractivity contribution in [3.63, 3.8) is 0 Å². The highest BCUT2D eigenvalue weighted by Crippen LogP contribution is 2.23. The summed E-state index contributed by atoms with van der Waals surface area (Å²) in [6.07, 6.45) is 3.23. The summed E-state index contributed by atoms with van der Waals surface area (Å²) in [5, 5.41) is 3.44. The van der Waals surface area contributed by atoms with Crippen LogP contribution in [0.15, 0.2) is 30.3 Å². The van der Waals surface area contributed by atoms with Crippen molar-refractivity contribution in [1.82, 2.24) is 19.6 Å². The highest BCUT2D eigenvalue weighted by Gasteiger charge is 2.23. The molecule has 9 heteroatoms. The van der Waals surface area contributed by atoms with E-state index in [9.17, 15) is 12.8 Å². The van der Waals surface area contributed by atoms with Crippen LogP contribution in [0.2, 0.25) is 0 Å². The second-order valence-corrected chi connectivity index (χ2v) is 9.69. The molecule has 0 radical (unpaired) electrons. The summed E-state index contributed by atoms with van der Waals surface area (Å²) in [6.45, 7) is 1.08. The van der Waals surface area contributed by atoms with E-state index in [4.69, 9.17) is 0 Å². The molecule has 0 spiro atoms. The topological polar surface area (TPSA) is 78.4 Å². The second-order valence-electron chi connectivity index (χ2n) is 7.61. The minimum Gasteiger partial charge on any atom is -0.363 e. The normalized spacial score (nSPS) is 17.5. The van der Waals surface area contributed by atoms with Gasteiger partial charge in [-0.3, -0.25) is 0 Å². The first-order valence-electron chi connectivity index (χ1n) is 9.71. The van der Waals surface area contributed by atoms with E-state index in [1.165, 1.54) is 35.6 Å². The van der Waals surface area contributed by atoms with Crippen LogP contribution in [0.5, 0.6) is 0 Å². The van der Waals surface area contributed by atoms with Gasteiger partial charge in [0.25, 0.3) is 0 Å². The zero-order chi connectivity index (χ0) is 21.0. The largest absolute Gasteiger partial charge is 0.363 e. The second kappa shape index (κ2) is 9.15. The summed E-state index contributed by atoms with van der Waals surface area (Å²) in [7, 11) is 1.77. The maximum atomic E-state index is 13.1. The third-order valence-electron chi connectivity index (χ3n) is 4.99. The van der Waals surface area contributed by atoms with Gasteiger partial charge in [0.05, 0.1) is 24.0 Å². The van der Waals surface area contributed by atoms with Crippen LogP contribution in [0.1, 0.15) is 42.4 Å². The SMILES string of the molecule is CN(C)c1cc(CN(C)S(=O)(=O)Cc2ccc(F)cc2)nc(C2CCCCN2)n1. The lowest BCUT2D eigenvalue weighted by Crippen LogP contribution is -2.31. The van der Waals surface area contributed by atoms with Crippen LogP contribution in [0.3, 0.4) is 0 Å². The number of aromatic nitrogens is 2. The van der Waals surface area contributed by atoms with Crippen molar-refractivity contribution in [3.05, 3.63) is 53.2 Å². The first-order valence-corrected chi connectivity index (χ1v) is 11.3. The van der Waals surface area contributed by atoms with E-state index in [0.717, 1.165) is 31.6 Å². The molecule has 1 aromatic carbocycles. The molecule has 0 bridgehead atoms. The predicted octanol–water partition coefficient (Wildman–Crippen LogP) is 2.46. The predicted molar refractivity (Wildman–Crippen MR) is 111 cm³/mol. The summed E-state index contributed by atoms with van der Waals surface area (Å²) in [5.41, 5.74) is 1.19. The summed E-state index contributed by atoms with van der Waals surface area (Å²) < 4.78 is 39.9. The number of piperidine rings is 1. The van der Waals surface area contributed by atoms with Gasteiger partial charge in [-0.05, 0) is 37.1 Å². The molecule has 0 aliphatic carbocycles. The van der Waals surface area contributed by atoms with E-state index in [0.29, 0.717) is 17.1 Å². The lowest BCUT2D eigenvalue weighted by molar-refractivity contribution is 0.394. The fourth-order valence-corrected chi connectivity index (χ4v) is 4.43. The molecular formula is C20H28FN5O2S. The van der Waals surface area contributed by atoms with Gasteiger partial charge in [-0.2, -0.15) is 4.31 Å². The first-order chi connectivity index (χ1) is 13.7. The molecule has 1 unspecified atom stereocenters. The molecular weight excluding hydrogens is 393 g/mol. The van der Waals surface area contributed by atoms with Crippen molar-refractivity contribution < 1.29 is 12.8 Å². The average molecular weight is 422 g/mol. The van der Waals surface area contributed by atoms with Crippen molar-refractivity contribution in [1.29, 1.82) is 0 Å². The monoisotopic (exact) mass is 421 g/mol. The first kappa shape index (κ1) is 21.6. The Kier molecular flexibility index (Phi) is 6.81. The van der Waals surface area contributed by atoms with Crippen LogP contribution >= 0.6 is 0 Å². The van der Waals surface area contributed by atoms with Crippen molar-refractivity contribution in [2.24, 2.45) is 0 Å². The van der Waals surface area contributed by atoms with E-state index in [1.807, 2.05) is 25.1 Å². The molecule has 1 saturated heterocycles. The summed E-state index contributed by atoms with van der Waals surface area (Å²) in [5.74, 6) is 0.879. The molecule has 29 heavy (non-hydrogen) atoms. The number of hydrogen-bond acceptors (Lipinski definition) is 6. The van der Waals surface area contributed by atoms with E-state index in [2.05, 4.69) is 15.3 Å². The van der Waals surface area contributed by atoms with Gasteiger partial charge < -0.3 is 10.2 Å². The summed E-state index contributed by atoms with van der Waals surface area (Å²) >= 11 is 0. The van der Waals surface area contributed by atoms with E-state index >= 15 is 0 Å². The van der Waals surface area contributed by atoms with Gasteiger partial charge in [0.2, 0.25) is 10.0 Å². The van der Waals surface area contributed by atoms with Crippen LogP contribution in [-0.2, 0) is 22.3 Å².